The monoisotopic (exact) mass is 414 g/mol. The zero-order valence-electron chi connectivity index (χ0n) is 17.4. The molecular formula is C25H22N2O4. The van der Waals surface area contributed by atoms with Gasteiger partial charge in [-0.25, -0.2) is 0 Å². The minimum absolute atomic E-state index is 0.328. The summed E-state index contributed by atoms with van der Waals surface area (Å²) < 4.78 is 18.3. The maximum absolute atomic E-state index is 11.3. The number of rotatable bonds is 5. The second kappa shape index (κ2) is 7.80. The fourth-order valence-electron chi connectivity index (χ4n) is 4.21. The van der Waals surface area contributed by atoms with Crippen molar-refractivity contribution in [3.05, 3.63) is 77.6 Å². The lowest BCUT2D eigenvalue weighted by Crippen LogP contribution is -2.04. The fourth-order valence-corrected chi connectivity index (χ4v) is 4.21. The van der Waals surface area contributed by atoms with E-state index in [-0.39, 0.29) is 5.97 Å². The van der Waals surface area contributed by atoms with Crippen LogP contribution in [0.1, 0.15) is 23.6 Å². The van der Waals surface area contributed by atoms with Crippen molar-refractivity contribution < 1.29 is 18.8 Å². The maximum atomic E-state index is 11.3. The third-order valence-corrected chi connectivity index (χ3v) is 5.62. The molecule has 156 valence electrons. The van der Waals surface area contributed by atoms with E-state index in [1.165, 1.54) is 18.1 Å². The molecule has 0 aliphatic heterocycles. The second-order valence-corrected chi connectivity index (χ2v) is 7.64. The summed E-state index contributed by atoms with van der Waals surface area (Å²) in [6.07, 6.45) is 5.78. The molecule has 2 heterocycles. The highest BCUT2D eigenvalue weighted by atomic mass is 16.5. The van der Waals surface area contributed by atoms with Crippen LogP contribution >= 0.6 is 0 Å². The van der Waals surface area contributed by atoms with Crippen LogP contribution in [0.3, 0.4) is 0 Å². The molecule has 4 aromatic rings. The number of methoxy groups -OCH3 is 1. The number of aromatic nitrogens is 2. The molecule has 0 spiro atoms. The van der Waals surface area contributed by atoms with Crippen LogP contribution in [-0.4, -0.2) is 22.8 Å². The molecule has 0 atom stereocenters. The van der Waals surface area contributed by atoms with Crippen molar-refractivity contribution in [1.82, 2.24) is 9.72 Å². The van der Waals surface area contributed by atoms with Crippen molar-refractivity contribution in [1.29, 1.82) is 0 Å². The van der Waals surface area contributed by atoms with Gasteiger partial charge in [-0.05, 0) is 65.9 Å². The fraction of sp³-hybridized carbons (Fsp3) is 0.200. The van der Waals surface area contributed by atoms with Crippen LogP contribution in [0.2, 0.25) is 0 Å². The Labute approximate surface area is 180 Å². The molecule has 0 radical (unpaired) electrons. The lowest BCUT2D eigenvalue weighted by molar-refractivity contribution is -0.131. The van der Waals surface area contributed by atoms with Gasteiger partial charge in [0.25, 0.3) is 0 Å². The summed E-state index contributed by atoms with van der Waals surface area (Å²) in [6.45, 7) is 2.11. The largest absolute Gasteiger partial charge is 0.497 e. The summed E-state index contributed by atoms with van der Waals surface area (Å²) in [5, 5.41) is 4.01. The van der Waals surface area contributed by atoms with Crippen molar-refractivity contribution in [2.45, 2.75) is 26.3 Å². The first-order chi connectivity index (χ1) is 15.1. The number of esters is 1. The van der Waals surface area contributed by atoms with Gasteiger partial charge in [0.15, 0.2) is 5.76 Å². The van der Waals surface area contributed by atoms with Gasteiger partial charge in [-0.15, -0.1) is 0 Å². The maximum Gasteiger partial charge on any atom is 0.308 e. The summed E-state index contributed by atoms with van der Waals surface area (Å²) in [5.41, 5.74) is 6.86. The summed E-state index contributed by atoms with van der Waals surface area (Å²) in [4.78, 5) is 11.3. The number of carbonyl (C=O) groups is 1. The Morgan fingerprint density at radius 1 is 1.06 bits per heavy atom. The molecule has 1 aliphatic carbocycles. The molecule has 1 aliphatic rings. The van der Waals surface area contributed by atoms with Crippen molar-refractivity contribution >= 4 is 5.97 Å². The zero-order valence-corrected chi connectivity index (χ0v) is 17.4. The lowest BCUT2D eigenvalue weighted by atomic mass is 9.91. The summed E-state index contributed by atoms with van der Waals surface area (Å²) in [7, 11) is 1.67. The van der Waals surface area contributed by atoms with Crippen LogP contribution in [0, 0.1) is 0 Å². The predicted octanol–water partition coefficient (Wildman–Crippen LogP) is 4.89. The Balaban J connectivity index is 1.59. The smallest absolute Gasteiger partial charge is 0.308 e. The third kappa shape index (κ3) is 3.61. The van der Waals surface area contributed by atoms with Gasteiger partial charge < -0.3 is 18.6 Å². The molecule has 0 unspecified atom stereocenters. The van der Waals surface area contributed by atoms with Crippen LogP contribution in [0.25, 0.3) is 22.6 Å². The van der Waals surface area contributed by atoms with E-state index < -0.39 is 0 Å². The number of hydrogen-bond donors (Lipinski definition) is 0. The first-order valence-electron chi connectivity index (χ1n) is 10.2. The van der Waals surface area contributed by atoms with E-state index in [9.17, 15) is 4.79 Å². The second-order valence-electron chi connectivity index (χ2n) is 7.64. The zero-order chi connectivity index (χ0) is 21.4. The van der Waals surface area contributed by atoms with Crippen molar-refractivity contribution in [3.8, 4) is 34.1 Å². The molecule has 0 saturated heterocycles. The van der Waals surface area contributed by atoms with Gasteiger partial charge in [0, 0.05) is 30.8 Å². The SMILES string of the molecule is COc1ccc(Cn2cc3c(c2-c2ccc(OC(C)=O)cc2)CCc2cnoc2-3)cc1. The summed E-state index contributed by atoms with van der Waals surface area (Å²) in [6, 6.07) is 15.7. The van der Waals surface area contributed by atoms with Crippen LogP contribution in [-0.2, 0) is 24.2 Å². The van der Waals surface area contributed by atoms with Crippen LogP contribution < -0.4 is 9.47 Å². The van der Waals surface area contributed by atoms with Crippen molar-refractivity contribution in [2.75, 3.05) is 7.11 Å². The standard InChI is InChI=1S/C25H22N2O4/c1-16(28)30-21-10-5-18(6-11-21)24-22-12-7-19-13-26-31-25(19)23(22)15-27(24)14-17-3-8-20(29-2)9-4-17/h3-6,8-11,13,15H,7,12,14H2,1-2H3. The Bertz CT molecular complexity index is 1230. The number of ether oxygens (including phenoxy) is 2. The van der Waals surface area contributed by atoms with E-state index >= 15 is 0 Å². The van der Waals surface area contributed by atoms with Gasteiger partial charge in [0.2, 0.25) is 0 Å². The normalized spacial score (nSPS) is 12.2. The van der Waals surface area contributed by atoms with Gasteiger partial charge >= 0.3 is 5.97 Å². The minimum Gasteiger partial charge on any atom is -0.497 e. The number of benzene rings is 2. The summed E-state index contributed by atoms with van der Waals surface area (Å²) in [5.74, 6) is 1.90. The number of carbonyl (C=O) groups excluding carboxylic acids is 1. The summed E-state index contributed by atoms with van der Waals surface area (Å²) >= 11 is 0. The van der Waals surface area contributed by atoms with E-state index in [1.807, 2.05) is 42.6 Å². The van der Waals surface area contributed by atoms with Gasteiger partial charge in [-0.1, -0.05) is 17.3 Å². The quantitative estimate of drug-likeness (QED) is 0.344. The first kappa shape index (κ1) is 19.2. The molecular weight excluding hydrogens is 392 g/mol. The van der Waals surface area contributed by atoms with Crippen molar-refractivity contribution in [3.63, 3.8) is 0 Å². The molecule has 2 aromatic carbocycles. The highest BCUT2D eigenvalue weighted by Crippen LogP contribution is 2.41. The molecule has 5 rings (SSSR count). The predicted molar refractivity (Wildman–Crippen MR) is 116 cm³/mol. The number of nitrogens with zero attached hydrogens (tertiary/aromatic N) is 2. The number of fused-ring (bicyclic) bond motifs is 3. The Morgan fingerprint density at radius 2 is 1.81 bits per heavy atom. The molecule has 6 nitrogen and oxygen atoms in total. The topological polar surface area (TPSA) is 66.5 Å². The Hall–Kier alpha value is -3.80. The van der Waals surface area contributed by atoms with E-state index in [0.29, 0.717) is 12.3 Å². The van der Waals surface area contributed by atoms with Crippen LogP contribution in [0.4, 0.5) is 0 Å². The Morgan fingerprint density at radius 3 is 2.52 bits per heavy atom. The average Bonchev–Trinajstić information content (AvgIpc) is 3.39. The first-order valence-corrected chi connectivity index (χ1v) is 10.2. The van der Waals surface area contributed by atoms with Crippen LogP contribution in [0.15, 0.2) is 65.4 Å². The number of hydrogen-bond acceptors (Lipinski definition) is 5. The molecule has 2 aromatic heterocycles. The van der Waals surface area contributed by atoms with Gasteiger partial charge in [0.1, 0.15) is 11.5 Å². The highest BCUT2D eigenvalue weighted by Gasteiger charge is 2.27. The van der Waals surface area contributed by atoms with Gasteiger partial charge in [-0.3, -0.25) is 4.79 Å². The molecule has 0 bridgehead atoms. The molecule has 31 heavy (non-hydrogen) atoms. The lowest BCUT2D eigenvalue weighted by Gasteiger charge is -2.15. The van der Waals surface area contributed by atoms with Gasteiger partial charge in [0.05, 0.1) is 19.0 Å². The average molecular weight is 414 g/mol. The van der Waals surface area contributed by atoms with E-state index in [0.717, 1.165) is 46.7 Å². The molecule has 0 fully saturated rings. The molecule has 0 saturated carbocycles. The van der Waals surface area contributed by atoms with E-state index in [1.54, 1.807) is 7.11 Å². The third-order valence-electron chi connectivity index (χ3n) is 5.62. The number of aryl methyl sites for hydroxylation is 1. The Kier molecular flexibility index (Phi) is 4.82. The molecule has 0 N–H and O–H groups in total. The van der Waals surface area contributed by atoms with E-state index in [4.69, 9.17) is 14.0 Å². The molecule has 6 heteroatoms. The van der Waals surface area contributed by atoms with E-state index in [2.05, 4.69) is 28.1 Å². The van der Waals surface area contributed by atoms with Crippen molar-refractivity contribution in [2.24, 2.45) is 0 Å². The van der Waals surface area contributed by atoms with Gasteiger partial charge in [-0.2, -0.15) is 0 Å². The minimum atomic E-state index is -0.328. The molecule has 0 amide bonds. The van der Waals surface area contributed by atoms with Crippen LogP contribution in [0.5, 0.6) is 11.5 Å². The highest BCUT2D eigenvalue weighted by molar-refractivity contribution is 5.79.